The standard InChI is InChI=1S/C7H9N5O3S/c1-2-3-9-6(13)11(8)7-10-4-5(16-7)12(14)15/h2,4H,1,3,8H2,(H,9,13). The maximum absolute atomic E-state index is 11.3. The Morgan fingerprint density at radius 3 is 3.06 bits per heavy atom. The van der Waals surface area contributed by atoms with E-state index in [1.54, 1.807) is 0 Å². The molecule has 0 aliphatic carbocycles. The summed E-state index contributed by atoms with van der Waals surface area (Å²) in [6, 6.07) is -0.607. The van der Waals surface area contributed by atoms with Gasteiger partial charge < -0.3 is 5.32 Å². The monoisotopic (exact) mass is 243 g/mol. The molecule has 0 aliphatic rings. The summed E-state index contributed by atoms with van der Waals surface area (Å²) in [7, 11) is 0. The first-order valence-corrected chi connectivity index (χ1v) is 4.91. The molecule has 0 bridgehead atoms. The number of nitro groups is 1. The molecule has 3 N–H and O–H groups in total. The number of thiazole rings is 1. The van der Waals surface area contributed by atoms with Crippen molar-refractivity contribution in [1.82, 2.24) is 10.3 Å². The molecule has 9 heteroatoms. The van der Waals surface area contributed by atoms with Crippen molar-refractivity contribution in [3.05, 3.63) is 29.0 Å². The van der Waals surface area contributed by atoms with Gasteiger partial charge in [0.15, 0.2) is 0 Å². The van der Waals surface area contributed by atoms with E-state index < -0.39 is 11.0 Å². The second-order valence-corrected chi connectivity index (χ2v) is 3.57. The number of urea groups is 1. The van der Waals surface area contributed by atoms with Crippen molar-refractivity contribution in [3.63, 3.8) is 0 Å². The summed E-state index contributed by atoms with van der Waals surface area (Å²) >= 11 is 0.715. The maximum Gasteiger partial charge on any atom is 0.345 e. The zero-order valence-corrected chi connectivity index (χ0v) is 8.94. The molecule has 86 valence electrons. The van der Waals surface area contributed by atoms with Crippen molar-refractivity contribution in [3.8, 4) is 0 Å². The lowest BCUT2D eigenvalue weighted by Gasteiger charge is -2.12. The number of hydrazine groups is 1. The number of anilines is 1. The van der Waals surface area contributed by atoms with Crippen LogP contribution in [0.3, 0.4) is 0 Å². The van der Waals surface area contributed by atoms with Crippen LogP contribution in [0.4, 0.5) is 14.9 Å². The van der Waals surface area contributed by atoms with Crippen LogP contribution in [0.15, 0.2) is 18.9 Å². The number of hydrogen-bond donors (Lipinski definition) is 2. The van der Waals surface area contributed by atoms with Crippen LogP contribution in [0.5, 0.6) is 0 Å². The van der Waals surface area contributed by atoms with E-state index >= 15 is 0 Å². The number of hydrogen-bond acceptors (Lipinski definition) is 6. The van der Waals surface area contributed by atoms with E-state index in [1.165, 1.54) is 6.08 Å². The Bertz CT molecular complexity index is 418. The van der Waals surface area contributed by atoms with Crippen molar-refractivity contribution >= 4 is 27.5 Å². The SMILES string of the molecule is C=CCNC(=O)N(N)c1ncc([N+](=O)[O-])s1. The van der Waals surface area contributed by atoms with Gasteiger partial charge in [-0.3, -0.25) is 10.1 Å². The van der Waals surface area contributed by atoms with Crippen LogP contribution in [0.1, 0.15) is 0 Å². The number of carbonyl (C=O) groups is 1. The minimum absolute atomic E-state index is 0.0493. The van der Waals surface area contributed by atoms with Crippen LogP contribution in [0, 0.1) is 10.1 Å². The number of nitrogens with zero attached hydrogens (tertiary/aromatic N) is 3. The first-order valence-electron chi connectivity index (χ1n) is 4.10. The molecule has 1 aromatic heterocycles. The minimum atomic E-state index is -0.607. The Hall–Kier alpha value is -2.00. The van der Waals surface area contributed by atoms with Gasteiger partial charge in [0.25, 0.3) is 0 Å². The van der Waals surface area contributed by atoms with Crippen LogP contribution in [0.2, 0.25) is 0 Å². The number of aromatic nitrogens is 1. The van der Waals surface area contributed by atoms with E-state index in [0.29, 0.717) is 16.3 Å². The van der Waals surface area contributed by atoms with Gasteiger partial charge in [0.2, 0.25) is 5.13 Å². The average Bonchev–Trinajstić information content (AvgIpc) is 2.74. The molecule has 8 nitrogen and oxygen atoms in total. The Kier molecular flexibility index (Phi) is 3.91. The normalized spacial score (nSPS) is 9.56. The van der Waals surface area contributed by atoms with Crippen molar-refractivity contribution in [2.45, 2.75) is 0 Å². The molecule has 0 saturated carbocycles. The summed E-state index contributed by atoms with van der Waals surface area (Å²) < 4.78 is 0. The lowest BCUT2D eigenvalue weighted by molar-refractivity contribution is -0.380. The number of nitrogens with one attached hydrogen (secondary N) is 1. The molecule has 0 unspecified atom stereocenters. The van der Waals surface area contributed by atoms with Crippen molar-refractivity contribution in [2.24, 2.45) is 5.84 Å². The highest BCUT2D eigenvalue weighted by molar-refractivity contribution is 7.18. The van der Waals surface area contributed by atoms with Gasteiger partial charge in [-0.15, -0.1) is 6.58 Å². The van der Waals surface area contributed by atoms with Crippen molar-refractivity contribution < 1.29 is 9.72 Å². The third-order valence-corrected chi connectivity index (χ3v) is 2.43. The quantitative estimate of drug-likeness (QED) is 0.264. The van der Waals surface area contributed by atoms with Gasteiger partial charge in [0.05, 0.1) is 4.92 Å². The van der Waals surface area contributed by atoms with E-state index in [-0.39, 0.29) is 16.7 Å². The molecular formula is C7H9N5O3S. The lowest BCUT2D eigenvalue weighted by atomic mass is 10.6. The molecule has 16 heavy (non-hydrogen) atoms. The highest BCUT2D eigenvalue weighted by Gasteiger charge is 2.18. The molecule has 0 saturated heterocycles. The maximum atomic E-state index is 11.3. The fraction of sp³-hybridized carbons (Fsp3) is 0.143. The fourth-order valence-corrected chi connectivity index (χ4v) is 1.44. The van der Waals surface area contributed by atoms with E-state index in [1.807, 2.05) is 0 Å². The predicted octanol–water partition coefficient (Wildman–Crippen LogP) is 0.627. The van der Waals surface area contributed by atoms with Gasteiger partial charge in [-0.2, -0.15) is 0 Å². The molecule has 0 fully saturated rings. The summed E-state index contributed by atoms with van der Waals surface area (Å²) in [5, 5.41) is 13.4. The van der Waals surface area contributed by atoms with Crippen LogP contribution < -0.4 is 16.2 Å². The zero-order valence-electron chi connectivity index (χ0n) is 8.12. The number of nitrogens with two attached hydrogens (primary N) is 1. The molecule has 0 spiro atoms. The van der Waals surface area contributed by atoms with Crippen molar-refractivity contribution in [2.75, 3.05) is 11.6 Å². The van der Waals surface area contributed by atoms with Crippen LogP contribution in [0.25, 0.3) is 0 Å². The second-order valence-electron chi connectivity index (χ2n) is 2.58. The summed E-state index contributed by atoms with van der Waals surface area (Å²) in [4.78, 5) is 24.8. The Morgan fingerprint density at radius 1 is 1.88 bits per heavy atom. The summed E-state index contributed by atoms with van der Waals surface area (Å²) in [6.45, 7) is 3.67. The van der Waals surface area contributed by atoms with Crippen LogP contribution in [-0.4, -0.2) is 22.5 Å². The Balaban J connectivity index is 2.71. The van der Waals surface area contributed by atoms with Crippen LogP contribution >= 0.6 is 11.3 Å². The summed E-state index contributed by atoms with van der Waals surface area (Å²) in [5.41, 5.74) is 0. The molecule has 2 amide bonds. The van der Waals surface area contributed by atoms with Gasteiger partial charge in [-0.25, -0.2) is 20.6 Å². The highest BCUT2D eigenvalue weighted by atomic mass is 32.1. The topological polar surface area (TPSA) is 114 Å². The average molecular weight is 243 g/mol. The lowest BCUT2D eigenvalue weighted by Crippen LogP contribution is -2.44. The van der Waals surface area contributed by atoms with Gasteiger partial charge in [0, 0.05) is 6.54 Å². The molecular weight excluding hydrogens is 234 g/mol. The zero-order chi connectivity index (χ0) is 12.1. The Morgan fingerprint density at radius 2 is 2.56 bits per heavy atom. The molecule has 0 aromatic carbocycles. The number of carbonyl (C=O) groups excluding carboxylic acids is 1. The van der Waals surface area contributed by atoms with Crippen molar-refractivity contribution in [1.29, 1.82) is 0 Å². The fourth-order valence-electron chi connectivity index (χ4n) is 0.784. The summed E-state index contributed by atoms with van der Waals surface area (Å²) in [6.07, 6.45) is 2.52. The van der Waals surface area contributed by atoms with Gasteiger partial charge in [0.1, 0.15) is 6.20 Å². The van der Waals surface area contributed by atoms with E-state index in [9.17, 15) is 14.9 Å². The first kappa shape index (κ1) is 12.1. The first-order chi connectivity index (χ1) is 7.56. The van der Waals surface area contributed by atoms with E-state index in [2.05, 4.69) is 16.9 Å². The minimum Gasteiger partial charge on any atom is -0.333 e. The Labute approximate surface area is 94.5 Å². The smallest absolute Gasteiger partial charge is 0.333 e. The molecule has 1 rings (SSSR count). The summed E-state index contributed by atoms with van der Waals surface area (Å²) in [5.74, 6) is 5.41. The van der Waals surface area contributed by atoms with E-state index in [4.69, 9.17) is 5.84 Å². The van der Waals surface area contributed by atoms with Gasteiger partial charge in [-0.05, 0) is 11.3 Å². The molecule has 1 heterocycles. The number of amides is 2. The van der Waals surface area contributed by atoms with Gasteiger partial charge >= 0.3 is 11.0 Å². The third-order valence-electron chi connectivity index (χ3n) is 1.48. The molecule has 0 aliphatic heterocycles. The highest BCUT2D eigenvalue weighted by Crippen LogP contribution is 2.26. The molecule has 1 aromatic rings. The van der Waals surface area contributed by atoms with E-state index in [0.717, 1.165) is 6.20 Å². The largest absolute Gasteiger partial charge is 0.345 e. The van der Waals surface area contributed by atoms with Crippen LogP contribution in [-0.2, 0) is 0 Å². The second kappa shape index (κ2) is 5.19. The van der Waals surface area contributed by atoms with Gasteiger partial charge in [-0.1, -0.05) is 6.08 Å². The third kappa shape index (κ3) is 2.74. The number of rotatable bonds is 4. The molecule has 0 radical (unpaired) electrons. The predicted molar refractivity (Wildman–Crippen MR) is 59.0 cm³/mol. The molecule has 0 atom stereocenters.